The molecule has 6 nitrogen and oxygen atoms in total. The molecule has 146 valence electrons. The van der Waals surface area contributed by atoms with Crippen molar-refractivity contribution in [3.63, 3.8) is 0 Å². The number of halogens is 2. The lowest BCUT2D eigenvalue weighted by atomic mass is 10.2. The number of hydrogen-bond donors (Lipinski definition) is 0. The minimum Gasteiger partial charge on any atom is -0.337 e. The highest BCUT2D eigenvalue weighted by Crippen LogP contribution is 2.36. The van der Waals surface area contributed by atoms with Gasteiger partial charge in [-0.3, -0.25) is 0 Å². The Hall–Kier alpha value is -2.29. The Morgan fingerprint density at radius 3 is 2.82 bits per heavy atom. The van der Waals surface area contributed by atoms with Crippen LogP contribution >= 0.6 is 11.6 Å². The highest BCUT2D eigenvalue weighted by atomic mass is 35.5. The van der Waals surface area contributed by atoms with Gasteiger partial charge in [-0.25, -0.2) is 12.8 Å². The standard InChI is InChI=1S/C19H17ClFN3O3S/c1-12-7-8-15(11-16(12)21)28(25,26)24-9-3-6-17(24)19-22-18(23-27-19)13-4-2-5-14(20)10-13/h2,4-5,7-8,10-11,17H,3,6,9H2,1H3/t17-/m1/s1. The van der Waals surface area contributed by atoms with Crippen LogP contribution in [0.4, 0.5) is 4.39 Å². The predicted molar refractivity (Wildman–Crippen MR) is 102 cm³/mol. The maximum Gasteiger partial charge on any atom is 0.245 e. The van der Waals surface area contributed by atoms with E-state index >= 15 is 0 Å². The highest BCUT2D eigenvalue weighted by Gasteiger charge is 2.39. The molecule has 0 radical (unpaired) electrons. The molecule has 0 bridgehead atoms. The third-order valence-corrected chi connectivity index (χ3v) is 6.90. The Morgan fingerprint density at radius 2 is 2.07 bits per heavy atom. The fourth-order valence-electron chi connectivity index (χ4n) is 3.26. The van der Waals surface area contributed by atoms with Crippen molar-refractivity contribution < 1.29 is 17.3 Å². The highest BCUT2D eigenvalue weighted by molar-refractivity contribution is 7.89. The van der Waals surface area contributed by atoms with Crippen molar-refractivity contribution in [2.24, 2.45) is 0 Å². The molecule has 1 aliphatic rings. The number of sulfonamides is 1. The van der Waals surface area contributed by atoms with Crippen LogP contribution in [0.25, 0.3) is 11.4 Å². The van der Waals surface area contributed by atoms with Crippen LogP contribution in [0.15, 0.2) is 51.9 Å². The number of benzene rings is 2. The summed E-state index contributed by atoms with van der Waals surface area (Å²) in [6.07, 6.45) is 1.19. The summed E-state index contributed by atoms with van der Waals surface area (Å²) >= 11 is 6.00. The van der Waals surface area contributed by atoms with Crippen molar-refractivity contribution in [2.45, 2.75) is 30.7 Å². The van der Waals surface area contributed by atoms with Crippen molar-refractivity contribution in [2.75, 3.05) is 6.54 Å². The van der Waals surface area contributed by atoms with Crippen LogP contribution in [0.1, 0.15) is 30.3 Å². The molecule has 0 saturated carbocycles. The largest absolute Gasteiger partial charge is 0.337 e. The van der Waals surface area contributed by atoms with E-state index in [1.807, 2.05) is 0 Å². The summed E-state index contributed by atoms with van der Waals surface area (Å²) in [5, 5.41) is 4.50. The molecule has 2 heterocycles. The van der Waals surface area contributed by atoms with E-state index in [0.29, 0.717) is 41.4 Å². The average molecular weight is 422 g/mol. The van der Waals surface area contributed by atoms with Gasteiger partial charge in [0.15, 0.2) is 0 Å². The van der Waals surface area contributed by atoms with Gasteiger partial charge in [-0.05, 0) is 49.6 Å². The minimum absolute atomic E-state index is 0.0860. The molecule has 1 fully saturated rings. The predicted octanol–water partition coefficient (Wildman–Crippen LogP) is 4.36. The molecule has 0 aliphatic carbocycles. The molecule has 0 spiro atoms. The quantitative estimate of drug-likeness (QED) is 0.625. The first kappa shape index (κ1) is 19.0. The second-order valence-corrected chi connectivity index (χ2v) is 8.98. The molecule has 1 aromatic heterocycles. The molecule has 0 amide bonds. The fraction of sp³-hybridized carbons (Fsp3) is 0.263. The number of hydrogen-bond acceptors (Lipinski definition) is 5. The van der Waals surface area contributed by atoms with Crippen LogP contribution in [0.5, 0.6) is 0 Å². The van der Waals surface area contributed by atoms with E-state index in [1.54, 1.807) is 31.2 Å². The number of aryl methyl sites for hydroxylation is 1. The molecule has 1 atom stereocenters. The lowest BCUT2D eigenvalue weighted by Crippen LogP contribution is -2.31. The fourth-order valence-corrected chi connectivity index (χ4v) is 5.11. The summed E-state index contributed by atoms with van der Waals surface area (Å²) in [4.78, 5) is 4.29. The second kappa shape index (κ2) is 7.27. The SMILES string of the molecule is Cc1ccc(S(=O)(=O)N2CCC[C@@H]2c2nc(-c3cccc(Cl)c3)no2)cc1F. The van der Waals surface area contributed by atoms with Gasteiger partial charge in [0.1, 0.15) is 11.9 Å². The lowest BCUT2D eigenvalue weighted by molar-refractivity contribution is 0.290. The van der Waals surface area contributed by atoms with E-state index in [9.17, 15) is 12.8 Å². The van der Waals surface area contributed by atoms with Crippen LogP contribution in [-0.4, -0.2) is 29.4 Å². The van der Waals surface area contributed by atoms with Crippen molar-refractivity contribution in [1.29, 1.82) is 0 Å². The van der Waals surface area contributed by atoms with Crippen LogP contribution in [0, 0.1) is 12.7 Å². The molecule has 1 saturated heterocycles. The summed E-state index contributed by atoms with van der Waals surface area (Å²) in [6.45, 7) is 1.89. The first-order valence-electron chi connectivity index (χ1n) is 8.74. The molecule has 3 aromatic rings. The van der Waals surface area contributed by atoms with E-state index in [2.05, 4.69) is 10.1 Å². The Bertz CT molecular complexity index is 1130. The third-order valence-electron chi connectivity index (χ3n) is 4.76. The molecule has 9 heteroatoms. The zero-order chi connectivity index (χ0) is 19.9. The molecule has 0 N–H and O–H groups in total. The number of nitrogens with zero attached hydrogens (tertiary/aromatic N) is 3. The van der Waals surface area contributed by atoms with Gasteiger partial charge < -0.3 is 4.52 Å². The van der Waals surface area contributed by atoms with Crippen molar-refractivity contribution in [3.8, 4) is 11.4 Å². The van der Waals surface area contributed by atoms with E-state index in [1.165, 1.54) is 16.4 Å². The Kier molecular flexibility index (Phi) is 4.95. The Morgan fingerprint density at radius 1 is 1.25 bits per heavy atom. The molecular formula is C19H17ClFN3O3S. The monoisotopic (exact) mass is 421 g/mol. The van der Waals surface area contributed by atoms with Crippen molar-refractivity contribution in [3.05, 3.63) is 64.8 Å². The Labute approximate surface area is 167 Å². The van der Waals surface area contributed by atoms with Gasteiger partial charge in [0.05, 0.1) is 4.90 Å². The topological polar surface area (TPSA) is 76.3 Å². The van der Waals surface area contributed by atoms with Gasteiger partial charge >= 0.3 is 0 Å². The smallest absolute Gasteiger partial charge is 0.245 e. The summed E-state index contributed by atoms with van der Waals surface area (Å²) in [5.74, 6) is -0.00961. The second-order valence-electron chi connectivity index (χ2n) is 6.65. The van der Waals surface area contributed by atoms with E-state index in [-0.39, 0.29) is 10.8 Å². The summed E-state index contributed by atoms with van der Waals surface area (Å²) in [6, 6.07) is 10.3. The molecule has 2 aromatic carbocycles. The van der Waals surface area contributed by atoms with Crippen molar-refractivity contribution >= 4 is 21.6 Å². The molecule has 1 aliphatic heterocycles. The maximum atomic E-state index is 13.9. The van der Waals surface area contributed by atoms with Gasteiger partial charge in [0.25, 0.3) is 0 Å². The first-order chi connectivity index (χ1) is 13.4. The van der Waals surface area contributed by atoms with Gasteiger partial charge in [-0.15, -0.1) is 0 Å². The average Bonchev–Trinajstić information content (AvgIpc) is 3.33. The van der Waals surface area contributed by atoms with Gasteiger partial charge in [-0.2, -0.15) is 9.29 Å². The van der Waals surface area contributed by atoms with Crippen LogP contribution in [0.3, 0.4) is 0 Å². The van der Waals surface area contributed by atoms with E-state index in [0.717, 1.165) is 6.07 Å². The van der Waals surface area contributed by atoms with E-state index < -0.39 is 21.9 Å². The van der Waals surface area contributed by atoms with Crippen LogP contribution in [-0.2, 0) is 10.0 Å². The van der Waals surface area contributed by atoms with Crippen LogP contribution in [0.2, 0.25) is 5.02 Å². The maximum absolute atomic E-state index is 13.9. The van der Waals surface area contributed by atoms with Gasteiger partial charge in [-0.1, -0.05) is 35.0 Å². The Balaban J connectivity index is 1.66. The molecular weight excluding hydrogens is 405 g/mol. The minimum atomic E-state index is -3.89. The zero-order valence-electron chi connectivity index (χ0n) is 15.0. The molecule has 28 heavy (non-hydrogen) atoms. The number of aromatic nitrogens is 2. The van der Waals surface area contributed by atoms with Crippen LogP contribution < -0.4 is 0 Å². The molecule has 4 rings (SSSR count). The van der Waals surface area contributed by atoms with Crippen molar-refractivity contribution in [1.82, 2.24) is 14.4 Å². The van der Waals surface area contributed by atoms with Gasteiger partial charge in [0.2, 0.25) is 21.7 Å². The number of rotatable bonds is 4. The third kappa shape index (κ3) is 3.43. The molecule has 0 unspecified atom stereocenters. The summed E-state index contributed by atoms with van der Waals surface area (Å²) in [5.41, 5.74) is 1.07. The zero-order valence-corrected chi connectivity index (χ0v) is 16.5. The summed E-state index contributed by atoms with van der Waals surface area (Å²) in [7, 11) is -3.89. The first-order valence-corrected chi connectivity index (χ1v) is 10.6. The lowest BCUT2D eigenvalue weighted by Gasteiger charge is -2.21. The van der Waals surface area contributed by atoms with E-state index in [4.69, 9.17) is 16.1 Å². The normalized spacial score (nSPS) is 17.9. The summed E-state index contributed by atoms with van der Waals surface area (Å²) < 4.78 is 46.7. The van der Waals surface area contributed by atoms with Gasteiger partial charge in [0, 0.05) is 17.1 Å².